The van der Waals surface area contributed by atoms with Crippen LogP contribution in [0.1, 0.15) is 25.1 Å². The molecule has 0 bridgehead atoms. The number of pyridine rings is 1. The first kappa shape index (κ1) is 13.5. The van der Waals surface area contributed by atoms with Gasteiger partial charge in [0.1, 0.15) is 5.82 Å². The van der Waals surface area contributed by atoms with E-state index in [1.54, 1.807) is 6.20 Å². The van der Waals surface area contributed by atoms with E-state index in [-0.39, 0.29) is 0 Å². The van der Waals surface area contributed by atoms with E-state index < -0.39 is 5.54 Å². The number of aromatic nitrogens is 3. The van der Waals surface area contributed by atoms with Gasteiger partial charge in [0.25, 0.3) is 5.89 Å². The van der Waals surface area contributed by atoms with E-state index in [1.807, 2.05) is 25.1 Å². The molecule has 0 atom stereocenters. The molecule has 1 aliphatic carbocycles. The minimum atomic E-state index is -0.417. The molecule has 1 fully saturated rings. The van der Waals surface area contributed by atoms with Crippen molar-refractivity contribution in [2.75, 3.05) is 19.0 Å². The number of nitrogens with zero attached hydrogens (tertiary/aromatic N) is 4. The van der Waals surface area contributed by atoms with Crippen molar-refractivity contribution in [2.45, 2.75) is 24.8 Å². The van der Waals surface area contributed by atoms with Crippen molar-refractivity contribution < 1.29 is 4.52 Å². The Labute approximate surface area is 125 Å². The van der Waals surface area contributed by atoms with Crippen molar-refractivity contribution in [1.29, 1.82) is 0 Å². The fraction of sp³-hybridized carbons (Fsp3) is 0.462. The topological polar surface area (TPSA) is 81.1 Å². The molecule has 2 N–H and O–H groups in total. The molecule has 0 saturated heterocycles. The Kier molecular flexibility index (Phi) is 3.25. The summed E-state index contributed by atoms with van der Waals surface area (Å²) in [5.41, 5.74) is 6.60. The number of hydrogen-bond donors (Lipinski definition) is 1. The summed E-state index contributed by atoms with van der Waals surface area (Å²) in [4.78, 5) is 10.8. The maximum Gasteiger partial charge on any atom is 0.261 e. The van der Waals surface area contributed by atoms with Crippen molar-refractivity contribution in [3.8, 4) is 11.5 Å². The van der Waals surface area contributed by atoms with Gasteiger partial charge in [-0.15, -0.1) is 0 Å². The van der Waals surface area contributed by atoms with Crippen molar-refractivity contribution in [3.63, 3.8) is 0 Å². The molecule has 0 spiro atoms. The molecule has 1 saturated carbocycles. The smallest absolute Gasteiger partial charge is 0.261 e. The Morgan fingerprint density at radius 1 is 1.40 bits per heavy atom. The van der Waals surface area contributed by atoms with Crippen LogP contribution in [0.15, 0.2) is 21.3 Å². The van der Waals surface area contributed by atoms with Crippen LogP contribution in [-0.4, -0.2) is 29.2 Å². The third kappa shape index (κ3) is 2.20. The minimum Gasteiger partial charge on any atom is -0.362 e. The average Bonchev–Trinajstić information content (AvgIpc) is 2.85. The van der Waals surface area contributed by atoms with Gasteiger partial charge in [-0.05, 0) is 41.3 Å². The molecular weight excluding hydrogens is 322 g/mol. The van der Waals surface area contributed by atoms with Crippen molar-refractivity contribution in [3.05, 3.63) is 22.6 Å². The molecule has 2 heterocycles. The molecule has 106 valence electrons. The highest BCUT2D eigenvalue weighted by Gasteiger charge is 2.39. The zero-order valence-corrected chi connectivity index (χ0v) is 13.0. The quantitative estimate of drug-likeness (QED) is 0.925. The van der Waals surface area contributed by atoms with E-state index in [2.05, 4.69) is 31.1 Å². The van der Waals surface area contributed by atoms with Crippen LogP contribution >= 0.6 is 15.9 Å². The lowest BCUT2D eigenvalue weighted by Crippen LogP contribution is -2.44. The maximum absolute atomic E-state index is 6.22. The van der Waals surface area contributed by atoms with Crippen LogP contribution < -0.4 is 10.6 Å². The van der Waals surface area contributed by atoms with Crippen LogP contribution in [0.5, 0.6) is 0 Å². The Morgan fingerprint density at radius 2 is 2.15 bits per heavy atom. The third-order valence-electron chi connectivity index (χ3n) is 3.60. The summed E-state index contributed by atoms with van der Waals surface area (Å²) in [6.45, 7) is 0. The van der Waals surface area contributed by atoms with Crippen molar-refractivity contribution in [2.24, 2.45) is 5.73 Å². The molecule has 0 aromatic carbocycles. The highest BCUT2D eigenvalue weighted by molar-refractivity contribution is 9.10. The van der Waals surface area contributed by atoms with Crippen LogP contribution in [-0.2, 0) is 5.54 Å². The number of anilines is 1. The molecular formula is C13H16BrN5O. The van der Waals surface area contributed by atoms with Gasteiger partial charge in [0.05, 0.1) is 11.1 Å². The van der Waals surface area contributed by atoms with Gasteiger partial charge in [-0.2, -0.15) is 4.98 Å². The normalized spacial score (nSPS) is 16.8. The largest absolute Gasteiger partial charge is 0.362 e. The zero-order chi connectivity index (χ0) is 14.3. The van der Waals surface area contributed by atoms with Gasteiger partial charge < -0.3 is 15.2 Å². The van der Waals surface area contributed by atoms with E-state index in [0.717, 1.165) is 35.1 Å². The molecule has 0 radical (unpaired) electrons. The van der Waals surface area contributed by atoms with Crippen LogP contribution in [0.4, 0.5) is 5.82 Å². The number of nitrogens with two attached hydrogens (primary N) is 1. The Morgan fingerprint density at radius 3 is 2.75 bits per heavy atom. The van der Waals surface area contributed by atoms with Gasteiger partial charge in [-0.1, -0.05) is 5.16 Å². The first-order chi connectivity index (χ1) is 9.49. The summed E-state index contributed by atoms with van der Waals surface area (Å²) in [6.07, 6.45) is 4.67. The SMILES string of the molecule is CN(C)c1ncc(Br)cc1-c1nc(C2(N)CCC2)no1. The van der Waals surface area contributed by atoms with E-state index in [9.17, 15) is 0 Å². The second-order valence-electron chi connectivity index (χ2n) is 5.35. The van der Waals surface area contributed by atoms with Gasteiger partial charge in [0, 0.05) is 24.8 Å². The molecule has 7 heteroatoms. The standard InChI is InChI=1S/C13H16BrN5O/c1-19(2)10-9(6-8(14)7-16-10)11-17-12(18-20-11)13(15)4-3-5-13/h6-7H,3-5,15H2,1-2H3. The van der Waals surface area contributed by atoms with E-state index in [1.165, 1.54) is 0 Å². The molecule has 20 heavy (non-hydrogen) atoms. The average molecular weight is 338 g/mol. The van der Waals surface area contributed by atoms with Gasteiger partial charge in [0.15, 0.2) is 5.82 Å². The molecule has 6 nitrogen and oxygen atoms in total. The lowest BCUT2D eigenvalue weighted by molar-refractivity contribution is 0.229. The van der Waals surface area contributed by atoms with Crippen LogP contribution in [0.25, 0.3) is 11.5 Å². The maximum atomic E-state index is 6.22. The minimum absolute atomic E-state index is 0.417. The molecule has 0 aliphatic heterocycles. The predicted octanol–water partition coefficient (Wildman–Crippen LogP) is 2.30. The fourth-order valence-electron chi connectivity index (χ4n) is 2.26. The Hall–Kier alpha value is -1.47. The molecule has 1 aliphatic rings. The van der Waals surface area contributed by atoms with E-state index in [0.29, 0.717) is 11.7 Å². The van der Waals surface area contributed by atoms with E-state index in [4.69, 9.17) is 10.3 Å². The fourth-order valence-corrected chi connectivity index (χ4v) is 2.59. The van der Waals surface area contributed by atoms with Gasteiger partial charge >= 0.3 is 0 Å². The van der Waals surface area contributed by atoms with Crippen LogP contribution in [0.2, 0.25) is 0 Å². The van der Waals surface area contributed by atoms with Gasteiger partial charge in [-0.3, -0.25) is 0 Å². The third-order valence-corrected chi connectivity index (χ3v) is 4.04. The summed E-state index contributed by atoms with van der Waals surface area (Å²) in [5.74, 6) is 1.82. The summed E-state index contributed by atoms with van der Waals surface area (Å²) in [7, 11) is 3.85. The first-order valence-corrected chi connectivity index (χ1v) is 7.25. The van der Waals surface area contributed by atoms with Crippen LogP contribution in [0.3, 0.4) is 0 Å². The van der Waals surface area contributed by atoms with Gasteiger partial charge in [0.2, 0.25) is 0 Å². The summed E-state index contributed by atoms with van der Waals surface area (Å²) in [6, 6.07) is 1.92. The Bertz CT molecular complexity index is 635. The van der Waals surface area contributed by atoms with E-state index >= 15 is 0 Å². The lowest BCUT2D eigenvalue weighted by Gasteiger charge is -2.34. The van der Waals surface area contributed by atoms with Crippen molar-refractivity contribution >= 4 is 21.7 Å². The number of hydrogen-bond acceptors (Lipinski definition) is 6. The lowest BCUT2D eigenvalue weighted by atomic mass is 9.77. The second kappa shape index (κ2) is 4.82. The summed E-state index contributed by atoms with van der Waals surface area (Å²) in [5, 5.41) is 4.04. The highest BCUT2D eigenvalue weighted by Crippen LogP contribution is 2.38. The molecule has 0 unspecified atom stereocenters. The first-order valence-electron chi connectivity index (χ1n) is 6.46. The monoisotopic (exact) mass is 337 g/mol. The summed E-state index contributed by atoms with van der Waals surface area (Å²) < 4.78 is 6.25. The molecule has 0 amide bonds. The van der Waals surface area contributed by atoms with Gasteiger partial charge in [-0.25, -0.2) is 4.98 Å². The zero-order valence-electron chi connectivity index (χ0n) is 11.4. The predicted molar refractivity (Wildman–Crippen MR) is 79.3 cm³/mol. The second-order valence-corrected chi connectivity index (χ2v) is 6.27. The van der Waals surface area contributed by atoms with Crippen molar-refractivity contribution in [1.82, 2.24) is 15.1 Å². The molecule has 2 aromatic rings. The molecule has 3 rings (SSSR count). The number of rotatable bonds is 3. The highest BCUT2D eigenvalue weighted by atomic mass is 79.9. The van der Waals surface area contributed by atoms with Crippen LogP contribution in [0, 0.1) is 0 Å². The Balaban J connectivity index is 2.03. The summed E-state index contributed by atoms with van der Waals surface area (Å²) >= 11 is 3.42. The molecule has 2 aromatic heterocycles. The number of halogens is 1.